The van der Waals surface area contributed by atoms with Gasteiger partial charge in [-0.15, -0.1) is 0 Å². The maximum Gasteiger partial charge on any atom is 0.277 e. The summed E-state index contributed by atoms with van der Waals surface area (Å²) < 4.78 is 28.8. The summed E-state index contributed by atoms with van der Waals surface area (Å²) in [5, 5.41) is 0. The third-order valence-electron chi connectivity index (χ3n) is 3.20. The van der Waals surface area contributed by atoms with Crippen LogP contribution in [0.4, 0.5) is 0 Å². The van der Waals surface area contributed by atoms with Gasteiger partial charge >= 0.3 is 0 Å². The topological polar surface area (TPSA) is 84.2 Å². The lowest BCUT2D eigenvalue weighted by Crippen LogP contribution is -2.55. The molecule has 15 heavy (non-hydrogen) atoms. The van der Waals surface area contributed by atoms with Gasteiger partial charge in [-0.3, -0.25) is 0 Å². The average Bonchev–Trinajstić information content (AvgIpc) is 2.82. The van der Waals surface area contributed by atoms with E-state index in [1.807, 2.05) is 0 Å². The summed E-state index contributed by atoms with van der Waals surface area (Å²) in [7, 11) is -3.35. The van der Waals surface area contributed by atoms with E-state index in [0.717, 1.165) is 38.5 Å². The van der Waals surface area contributed by atoms with Crippen molar-refractivity contribution >= 4 is 10.2 Å². The number of nitrogens with two attached hydrogens (primary N) is 1. The fourth-order valence-electron chi connectivity index (χ4n) is 2.13. The molecule has 2 aliphatic rings. The molecule has 0 saturated heterocycles. The minimum atomic E-state index is -3.35. The van der Waals surface area contributed by atoms with Crippen LogP contribution in [0, 0.1) is 0 Å². The summed E-state index contributed by atoms with van der Waals surface area (Å²) in [5.41, 5.74) is 5.28. The van der Waals surface area contributed by atoms with Gasteiger partial charge in [0.15, 0.2) is 0 Å². The zero-order chi connectivity index (χ0) is 10.9. The van der Waals surface area contributed by atoms with Crippen molar-refractivity contribution in [2.24, 2.45) is 5.73 Å². The summed E-state index contributed by atoms with van der Waals surface area (Å²) in [6, 6.07) is 0.152. The van der Waals surface area contributed by atoms with E-state index in [0.29, 0.717) is 6.54 Å². The molecule has 0 bridgehead atoms. The fraction of sp³-hybridized carbons (Fsp3) is 1.00. The van der Waals surface area contributed by atoms with E-state index in [1.54, 1.807) is 0 Å². The zero-order valence-corrected chi connectivity index (χ0v) is 9.65. The molecule has 5 nitrogen and oxygen atoms in total. The van der Waals surface area contributed by atoms with Crippen LogP contribution in [0.2, 0.25) is 0 Å². The second-order valence-electron chi connectivity index (χ2n) is 4.69. The van der Waals surface area contributed by atoms with Crippen molar-refractivity contribution in [3.63, 3.8) is 0 Å². The van der Waals surface area contributed by atoms with Crippen LogP contribution in [0.25, 0.3) is 0 Å². The first-order valence-corrected chi connectivity index (χ1v) is 7.05. The molecule has 0 spiro atoms. The van der Waals surface area contributed by atoms with Crippen LogP contribution in [0.1, 0.15) is 38.5 Å². The number of nitrogens with one attached hydrogen (secondary N) is 2. The Labute approximate surface area is 91.0 Å². The van der Waals surface area contributed by atoms with E-state index < -0.39 is 10.2 Å². The molecule has 2 fully saturated rings. The summed E-state index contributed by atoms with van der Waals surface area (Å²) in [4.78, 5) is 0. The highest BCUT2D eigenvalue weighted by atomic mass is 32.2. The maximum atomic E-state index is 11.7. The number of rotatable bonds is 5. The van der Waals surface area contributed by atoms with Crippen molar-refractivity contribution in [2.45, 2.75) is 50.1 Å². The van der Waals surface area contributed by atoms with Gasteiger partial charge in [-0.2, -0.15) is 17.9 Å². The molecule has 4 N–H and O–H groups in total. The largest absolute Gasteiger partial charge is 0.329 e. The standard InChI is InChI=1S/C9H19N3O2S/c10-7-9(5-1-2-6-9)12-15(13,14)11-8-3-4-8/h8,11-12H,1-7,10H2. The summed E-state index contributed by atoms with van der Waals surface area (Å²) in [6.07, 6.45) is 5.74. The molecule has 0 heterocycles. The van der Waals surface area contributed by atoms with Gasteiger partial charge in [0.05, 0.1) is 0 Å². The van der Waals surface area contributed by atoms with Crippen LogP contribution in [0.3, 0.4) is 0 Å². The van der Waals surface area contributed by atoms with E-state index in [4.69, 9.17) is 5.73 Å². The van der Waals surface area contributed by atoms with Gasteiger partial charge < -0.3 is 5.73 Å². The smallest absolute Gasteiger partial charge is 0.277 e. The predicted molar refractivity (Wildman–Crippen MR) is 58.5 cm³/mol. The van der Waals surface area contributed by atoms with Crippen molar-refractivity contribution in [2.75, 3.05) is 6.54 Å². The molecule has 6 heteroatoms. The first-order chi connectivity index (χ1) is 7.05. The molecule has 88 valence electrons. The highest BCUT2D eigenvalue weighted by Crippen LogP contribution is 2.29. The summed E-state index contributed by atoms with van der Waals surface area (Å²) in [5.74, 6) is 0. The van der Waals surface area contributed by atoms with E-state index >= 15 is 0 Å². The van der Waals surface area contributed by atoms with Crippen molar-refractivity contribution in [3.05, 3.63) is 0 Å². The van der Waals surface area contributed by atoms with Gasteiger partial charge in [-0.25, -0.2) is 0 Å². The quantitative estimate of drug-likeness (QED) is 0.617. The van der Waals surface area contributed by atoms with E-state index in [1.165, 1.54) is 0 Å². The first-order valence-electron chi connectivity index (χ1n) is 5.57. The molecule has 0 aromatic heterocycles. The van der Waals surface area contributed by atoms with Crippen LogP contribution >= 0.6 is 0 Å². The molecule has 2 aliphatic carbocycles. The van der Waals surface area contributed by atoms with Crippen LogP contribution < -0.4 is 15.2 Å². The van der Waals surface area contributed by atoms with Crippen LogP contribution in [-0.4, -0.2) is 26.5 Å². The second-order valence-corrected chi connectivity index (χ2v) is 6.14. The highest BCUT2D eigenvalue weighted by Gasteiger charge is 2.37. The Morgan fingerprint density at radius 1 is 1.27 bits per heavy atom. The van der Waals surface area contributed by atoms with Crippen LogP contribution in [0.15, 0.2) is 0 Å². The Bertz CT molecular complexity index is 318. The summed E-state index contributed by atoms with van der Waals surface area (Å²) in [6.45, 7) is 0.387. The van der Waals surface area contributed by atoms with E-state index in [2.05, 4.69) is 9.44 Å². The molecule has 0 aliphatic heterocycles. The molecule has 0 aromatic carbocycles. The van der Waals surface area contributed by atoms with Crippen molar-refractivity contribution in [1.82, 2.24) is 9.44 Å². The van der Waals surface area contributed by atoms with Crippen molar-refractivity contribution in [3.8, 4) is 0 Å². The number of hydrogen-bond acceptors (Lipinski definition) is 3. The lowest BCUT2D eigenvalue weighted by molar-refractivity contribution is 0.396. The monoisotopic (exact) mass is 233 g/mol. The van der Waals surface area contributed by atoms with E-state index in [9.17, 15) is 8.42 Å². The molecular formula is C9H19N3O2S. The predicted octanol–water partition coefficient (Wildman–Crippen LogP) is -0.156. The molecule has 0 amide bonds. The van der Waals surface area contributed by atoms with Gasteiger partial charge in [0.25, 0.3) is 10.2 Å². The normalized spacial score (nSPS) is 25.7. The third-order valence-corrected chi connectivity index (χ3v) is 4.55. The van der Waals surface area contributed by atoms with Crippen molar-refractivity contribution in [1.29, 1.82) is 0 Å². The average molecular weight is 233 g/mol. The van der Waals surface area contributed by atoms with Gasteiger partial charge in [0, 0.05) is 18.1 Å². The molecule has 0 atom stereocenters. The molecule has 0 radical (unpaired) electrons. The molecule has 0 aromatic rings. The Kier molecular flexibility index (Phi) is 3.03. The molecular weight excluding hydrogens is 214 g/mol. The third kappa shape index (κ3) is 2.90. The fourth-order valence-corrected chi connectivity index (χ4v) is 3.73. The highest BCUT2D eigenvalue weighted by molar-refractivity contribution is 7.87. The minimum absolute atomic E-state index is 0.152. The van der Waals surface area contributed by atoms with Crippen LogP contribution in [-0.2, 0) is 10.2 Å². The van der Waals surface area contributed by atoms with Gasteiger partial charge in [-0.05, 0) is 25.7 Å². The van der Waals surface area contributed by atoms with E-state index in [-0.39, 0.29) is 11.6 Å². The van der Waals surface area contributed by atoms with Crippen LogP contribution in [0.5, 0.6) is 0 Å². The molecule has 2 rings (SSSR count). The van der Waals surface area contributed by atoms with Crippen molar-refractivity contribution < 1.29 is 8.42 Å². The summed E-state index contributed by atoms with van der Waals surface area (Å²) >= 11 is 0. The molecule has 0 unspecified atom stereocenters. The van der Waals surface area contributed by atoms with Gasteiger partial charge in [-0.1, -0.05) is 12.8 Å². The zero-order valence-electron chi connectivity index (χ0n) is 8.83. The van der Waals surface area contributed by atoms with Gasteiger partial charge in [0.2, 0.25) is 0 Å². The Hall–Kier alpha value is -0.170. The second kappa shape index (κ2) is 4.01. The Morgan fingerprint density at radius 2 is 1.87 bits per heavy atom. The van der Waals surface area contributed by atoms with Gasteiger partial charge in [0.1, 0.15) is 0 Å². The lowest BCUT2D eigenvalue weighted by Gasteiger charge is -2.28. The molecule has 2 saturated carbocycles. The lowest BCUT2D eigenvalue weighted by atomic mass is 10.0. The Balaban J connectivity index is 1.98. The SMILES string of the molecule is NCC1(NS(=O)(=O)NC2CC2)CCCC1. The number of hydrogen-bond donors (Lipinski definition) is 3. The minimum Gasteiger partial charge on any atom is -0.329 e. The first kappa shape index (κ1) is 11.3. The maximum absolute atomic E-state index is 11.7. The Morgan fingerprint density at radius 3 is 2.33 bits per heavy atom.